The van der Waals surface area contributed by atoms with Gasteiger partial charge in [-0.1, -0.05) is 18.2 Å². The summed E-state index contributed by atoms with van der Waals surface area (Å²) in [6.45, 7) is 1.16. The number of para-hydroxylation sites is 1. The Morgan fingerprint density at radius 3 is 3.04 bits per heavy atom. The number of hydrogen-bond acceptors (Lipinski definition) is 4. The number of amides is 1. The molecule has 25 heavy (non-hydrogen) atoms. The summed E-state index contributed by atoms with van der Waals surface area (Å²) in [6.07, 6.45) is 3.40. The van der Waals surface area contributed by atoms with Gasteiger partial charge in [0.15, 0.2) is 5.82 Å². The van der Waals surface area contributed by atoms with E-state index in [-0.39, 0.29) is 24.4 Å². The van der Waals surface area contributed by atoms with E-state index in [0.29, 0.717) is 30.1 Å². The van der Waals surface area contributed by atoms with Crippen molar-refractivity contribution in [1.82, 2.24) is 19.4 Å². The number of likely N-dealkylation sites (N-methyl/N-ethyl adjacent to an activating group) is 1. The SMILES string of the molecule is CN1CC(Cn2ccnc2-c2ccc3cccc(F)c3n2)OCC1=O. The second-order valence-corrected chi connectivity index (χ2v) is 6.12. The first kappa shape index (κ1) is 15.7. The summed E-state index contributed by atoms with van der Waals surface area (Å²) in [6, 6.07) is 8.55. The molecule has 0 N–H and O–H groups in total. The number of imidazole rings is 1. The van der Waals surface area contributed by atoms with Gasteiger partial charge in [-0.25, -0.2) is 14.4 Å². The average molecular weight is 340 g/mol. The van der Waals surface area contributed by atoms with Crippen molar-refractivity contribution in [2.45, 2.75) is 12.6 Å². The number of hydrogen-bond donors (Lipinski definition) is 0. The standard InChI is InChI=1S/C18H17FN4O2/c1-22-9-13(25-11-16(22)24)10-23-8-7-20-18(23)15-6-5-12-3-2-4-14(19)17(12)21-15/h2-8,13H,9-11H2,1H3. The van der Waals surface area contributed by atoms with Crippen LogP contribution in [0.25, 0.3) is 22.4 Å². The van der Waals surface area contributed by atoms with Crippen molar-refractivity contribution in [3.05, 3.63) is 48.5 Å². The van der Waals surface area contributed by atoms with Crippen LogP contribution in [0.4, 0.5) is 4.39 Å². The molecule has 0 radical (unpaired) electrons. The smallest absolute Gasteiger partial charge is 0.248 e. The van der Waals surface area contributed by atoms with Gasteiger partial charge in [-0.15, -0.1) is 0 Å². The van der Waals surface area contributed by atoms with Gasteiger partial charge in [0.25, 0.3) is 0 Å². The molecule has 1 fully saturated rings. The molecule has 3 heterocycles. The van der Waals surface area contributed by atoms with Crippen molar-refractivity contribution in [2.24, 2.45) is 0 Å². The van der Waals surface area contributed by atoms with Crippen molar-refractivity contribution in [2.75, 3.05) is 20.2 Å². The Bertz CT molecular complexity index is 940. The first-order valence-electron chi connectivity index (χ1n) is 8.04. The summed E-state index contributed by atoms with van der Waals surface area (Å²) < 4.78 is 21.5. The Hall–Kier alpha value is -2.80. The molecule has 1 amide bonds. The Balaban J connectivity index is 1.63. The maximum atomic E-state index is 14.0. The van der Waals surface area contributed by atoms with Crippen molar-refractivity contribution in [3.8, 4) is 11.5 Å². The number of carbonyl (C=O) groups is 1. The van der Waals surface area contributed by atoms with Crippen LogP contribution in [0.3, 0.4) is 0 Å². The number of aromatic nitrogens is 3. The number of carbonyl (C=O) groups excluding carboxylic acids is 1. The van der Waals surface area contributed by atoms with Gasteiger partial charge in [-0.2, -0.15) is 0 Å². The fourth-order valence-electron chi connectivity index (χ4n) is 3.01. The van der Waals surface area contributed by atoms with Crippen molar-refractivity contribution < 1.29 is 13.9 Å². The lowest BCUT2D eigenvalue weighted by Gasteiger charge is -2.30. The van der Waals surface area contributed by atoms with E-state index in [1.165, 1.54) is 6.07 Å². The summed E-state index contributed by atoms with van der Waals surface area (Å²) >= 11 is 0. The predicted molar refractivity (Wildman–Crippen MR) is 90.3 cm³/mol. The first-order valence-corrected chi connectivity index (χ1v) is 8.04. The van der Waals surface area contributed by atoms with E-state index >= 15 is 0 Å². The van der Waals surface area contributed by atoms with Crippen LogP contribution in [-0.2, 0) is 16.1 Å². The number of nitrogens with zero attached hydrogens (tertiary/aromatic N) is 4. The molecule has 1 aliphatic heterocycles. The lowest BCUT2D eigenvalue weighted by Crippen LogP contribution is -2.45. The fourth-order valence-corrected chi connectivity index (χ4v) is 3.01. The van der Waals surface area contributed by atoms with Crippen molar-refractivity contribution in [1.29, 1.82) is 0 Å². The molecule has 0 bridgehead atoms. The van der Waals surface area contributed by atoms with E-state index in [1.807, 2.05) is 29.0 Å². The van der Waals surface area contributed by atoms with Gasteiger partial charge >= 0.3 is 0 Å². The van der Waals surface area contributed by atoms with Crippen LogP contribution >= 0.6 is 0 Å². The molecule has 0 aliphatic carbocycles. The molecule has 4 rings (SSSR count). The third kappa shape index (κ3) is 2.98. The highest BCUT2D eigenvalue weighted by Gasteiger charge is 2.24. The second-order valence-electron chi connectivity index (χ2n) is 6.12. The molecule has 1 unspecified atom stereocenters. The third-order valence-electron chi connectivity index (χ3n) is 4.36. The number of pyridine rings is 1. The maximum absolute atomic E-state index is 14.0. The van der Waals surface area contributed by atoms with Gasteiger partial charge in [0.1, 0.15) is 23.6 Å². The second kappa shape index (κ2) is 6.25. The molecule has 2 aromatic heterocycles. The minimum absolute atomic E-state index is 0.0197. The minimum Gasteiger partial charge on any atom is -0.365 e. The van der Waals surface area contributed by atoms with E-state index in [4.69, 9.17) is 4.74 Å². The minimum atomic E-state index is -0.354. The van der Waals surface area contributed by atoms with E-state index in [0.717, 1.165) is 5.39 Å². The number of fused-ring (bicyclic) bond motifs is 1. The molecule has 1 atom stereocenters. The van der Waals surface area contributed by atoms with Crippen LogP contribution in [0.1, 0.15) is 0 Å². The molecule has 6 nitrogen and oxygen atoms in total. The Labute approximate surface area is 143 Å². The molecule has 128 valence electrons. The van der Waals surface area contributed by atoms with E-state index in [1.54, 1.807) is 24.2 Å². The molecule has 0 saturated carbocycles. The highest BCUT2D eigenvalue weighted by molar-refractivity contribution is 5.81. The zero-order valence-corrected chi connectivity index (χ0v) is 13.7. The Morgan fingerprint density at radius 2 is 2.20 bits per heavy atom. The summed E-state index contributed by atoms with van der Waals surface area (Å²) in [5.74, 6) is 0.273. The van der Waals surface area contributed by atoms with Crippen LogP contribution in [0.2, 0.25) is 0 Å². The molecule has 1 aliphatic rings. The van der Waals surface area contributed by atoms with Gasteiger partial charge in [-0.3, -0.25) is 4.79 Å². The summed E-state index contributed by atoms with van der Waals surface area (Å²) in [4.78, 5) is 22.0. The normalized spacial score (nSPS) is 18.1. The maximum Gasteiger partial charge on any atom is 0.248 e. The largest absolute Gasteiger partial charge is 0.365 e. The molecule has 0 spiro atoms. The number of morpholine rings is 1. The fraction of sp³-hybridized carbons (Fsp3) is 0.278. The van der Waals surface area contributed by atoms with Gasteiger partial charge in [0.05, 0.1) is 12.6 Å². The third-order valence-corrected chi connectivity index (χ3v) is 4.36. The van der Waals surface area contributed by atoms with Crippen LogP contribution in [-0.4, -0.2) is 51.6 Å². The summed E-state index contributed by atoms with van der Waals surface area (Å²) in [5, 5.41) is 0.748. The highest BCUT2D eigenvalue weighted by Crippen LogP contribution is 2.22. The lowest BCUT2D eigenvalue weighted by atomic mass is 10.2. The van der Waals surface area contributed by atoms with Crippen molar-refractivity contribution in [3.63, 3.8) is 0 Å². The Kier molecular flexibility index (Phi) is 3.93. The molecule has 7 heteroatoms. The Morgan fingerprint density at radius 1 is 1.32 bits per heavy atom. The van der Waals surface area contributed by atoms with Crippen LogP contribution in [0.15, 0.2) is 42.7 Å². The highest BCUT2D eigenvalue weighted by atomic mass is 19.1. The van der Waals surface area contributed by atoms with Gasteiger partial charge in [0, 0.05) is 31.4 Å². The van der Waals surface area contributed by atoms with Crippen LogP contribution in [0, 0.1) is 5.82 Å². The monoisotopic (exact) mass is 340 g/mol. The quantitative estimate of drug-likeness (QED) is 0.733. The zero-order chi connectivity index (χ0) is 17.4. The van der Waals surface area contributed by atoms with Gasteiger partial charge < -0.3 is 14.2 Å². The number of benzene rings is 1. The number of ether oxygens (including phenoxy) is 1. The number of halogens is 1. The van der Waals surface area contributed by atoms with E-state index in [2.05, 4.69) is 9.97 Å². The molecule has 1 aromatic carbocycles. The molecular formula is C18H17FN4O2. The molecular weight excluding hydrogens is 323 g/mol. The van der Waals surface area contributed by atoms with E-state index in [9.17, 15) is 9.18 Å². The van der Waals surface area contributed by atoms with Gasteiger partial charge in [0.2, 0.25) is 5.91 Å². The summed E-state index contributed by atoms with van der Waals surface area (Å²) in [5.41, 5.74) is 0.927. The van der Waals surface area contributed by atoms with Crippen LogP contribution in [0.5, 0.6) is 0 Å². The van der Waals surface area contributed by atoms with Crippen LogP contribution < -0.4 is 0 Å². The van der Waals surface area contributed by atoms with E-state index < -0.39 is 0 Å². The average Bonchev–Trinajstić information content (AvgIpc) is 3.06. The predicted octanol–water partition coefficient (Wildman–Crippen LogP) is 2.09. The topological polar surface area (TPSA) is 60.3 Å². The first-order chi connectivity index (χ1) is 12.1. The van der Waals surface area contributed by atoms with Gasteiger partial charge in [-0.05, 0) is 12.1 Å². The molecule has 1 saturated heterocycles. The van der Waals surface area contributed by atoms with Crippen molar-refractivity contribution >= 4 is 16.8 Å². The lowest BCUT2D eigenvalue weighted by molar-refractivity contribution is -0.147. The summed E-state index contributed by atoms with van der Waals surface area (Å²) in [7, 11) is 1.76. The number of rotatable bonds is 3. The zero-order valence-electron chi connectivity index (χ0n) is 13.7. The molecule has 3 aromatic rings.